The number of ether oxygens (including phenoxy) is 1. The van der Waals surface area contributed by atoms with Gasteiger partial charge in [-0.25, -0.2) is 0 Å². The summed E-state index contributed by atoms with van der Waals surface area (Å²) in [6.45, 7) is 4.52. The Balaban J connectivity index is 1.56. The van der Waals surface area contributed by atoms with E-state index in [1.54, 1.807) is 0 Å². The number of aryl methyl sites for hydroxylation is 1. The van der Waals surface area contributed by atoms with Crippen LogP contribution in [0.15, 0.2) is 42.5 Å². The van der Waals surface area contributed by atoms with Crippen LogP contribution in [0, 0.1) is 6.92 Å². The summed E-state index contributed by atoms with van der Waals surface area (Å²) in [4.78, 5) is 5.33. The van der Waals surface area contributed by atoms with Gasteiger partial charge in [-0.1, -0.05) is 35.9 Å². The van der Waals surface area contributed by atoms with Gasteiger partial charge < -0.3 is 4.74 Å². The molecule has 3 aliphatic rings. The Kier molecular flexibility index (Phi) is 3.61. The average molecular weight is 334 g/mol. The number of likely N-dealkylation sites (tertiary alicyclic amines) is 1. The maximum atomic E-state index is 6.33. The van der Waals surface area contributed by atoms with Crippen molar-refractivity contribution in [3.8, 4) is 11.5 Å². The molecule has 3 unspecified atom stereocenters. The topological polar surface area (TPSA) is 15.7 Å². The predicted octanol–water partition coefficient (Wildman–Crippen LogP) is 4.16. The van der Waals surface area contributed by atoms with Crippen molar-refractivity contribution in [1.29, 1.82) is 0 Å². The van der Waals surface area contributed by atoms with Crippen LogP contribution >= 0.6 is 0 Å². The lowest BCUT2D eigenvalue weighted by Gasteiger charge is -2.42. The Labute approximate surface area is 150 Å². The molecule has 0 amide bonds. The third kappa shape index (κ3) is 2.57. The molecule has 3 heterocycles. The van der Waals surface area contributed by atoms with Crippen molar-refractivity contribution in [2.45, 2.75) is 44.3 Å². The summed E-state index contributed by atoms with van der Waals surface area (Å²) in [5.74, 6) is 2.05. The molecule has 0 aliphatic carbocycles. The van der Waals surface area contributed by atoms with E-state index in [1.807, 2.05) is 0 Å². The molecule has 25 heavy (non-hydrogen) atoms. The molecule has 0 radical (unpaired) electrons. The number of para-hydroxylation sites is 1. The Bertz CT molecular complexity index is 788. The minimum absolute atomic E-state index is 0.413. The van der Waals surface area contributed by atoms with Crippen LogP contribution in [0.2, 0.25) is 0 Å². The maximum Gasteiger partial charge on any atom is 0.132 e. The lowest BCUT2D eigenvalue weighted by Crippen LogP contribution is -2.53. The Morgan fingerprint density at radius 2 is 1.72 bits per heavy atom. The van der Waals surface area contributed by atoms with E-state index in [2.05, 4.69) is 66.2 Å². The van der Waals surface area contributed by atoms with E-state index in [0.29, 0.717) is 18.1 Å². The minimum Gasteiger partial charge on any atom is -0.457 e. The summed E-state index contributed by atoms with van der Waals surface area (Å²) in [5.41, 5.74) is 4.00. The molecule has 130 valence electrons. The molecule has 3 atom stereocenters. The molecule has 5 rings (SSSR count). The highest BCUT2D eigenvalue weighted by Crippen LogP contribution is 2.43. The molecule has 0 N–H and O–H groups in total. The average Bonchev–Trinajstić information content (AvgIpc) is 2.81. The SMILES string of the molecule is Cc1ccc2c(c1)CC(N1CC3CCC(C1)N3C)c1ccccc1O2. The second-order valence-electron chi connectivity index (χ2n) is 7.98. The van der Waals surface area contributed by atoms with Gasteiger partial charge in [0.25, 0.3) is 0 Å². The summed E-state index contributed by atoms with van der Waals surface area (Å²) in [6, 6.07) is 17.1. The zero-order valence-electron chi connectivity index (χ0n) is 15.1. The van der Waals surface area contributed by atoms with Gasteiger partial charge in [-0.3, -0.25) is 9.80 Å². The van der Waals surface area contributed by atoms with Gasteiger partial charge in [-0.15, -0.1) is 0 Å². The van der Waals surface area contributed by atoms with Crippen molar-refractivity contribution in [2.75, 3.05) is 20.1 Å². The quantitative estimate of drug-likeness (QED) is 0.779. The molecular formula is C22H26N2O. The van der Waals surface area contributed by atoms with Crippen molar-refractivity contribution in [1.82, 2.24) is 9.80 Å². The Hall–Kier alpha value is -1.84. The van der Waals surface area contributed by atoms with Crippen LogP contribution in [0.4, 0.5) is 0 Å². The highest BCUT2D eigenvalue weighted by molar-refractivity contribution is 5.48. The van der Waals surface area contributed by atoms with E-state index in [4.69, 9.17) is 4.74 Å². The van der Waals surface area contributed by atoms with Crippen molar-refractivity contribution in [2.24, 2.45) is 0 Å². The zero-order valence-corrected chi connectivity index (χ0v) is 15.1. The molecular weight excluding hydrogens is 308 g/mol. The van der Waals surface area contributed by atoms with Gasteiger partial charge in [0.2, 0.25) is 0 Å². The molecule has 2 saturated heterocycles. The molecule has 2 aromatic rings. The summed E-state index contributed by atoms with van der Waals surface area (Å²) in [5, 5.41) is 0. The lowest BCUT2D eigenvalue weighted by molar-refractivity contribution is 0.0573. The number of hydrogen-bond acceptors (Lipinski definition) is 3. The smallest absolute Gasteiger partial charge is 0.132 e. The molecule has 0 saturated carbocycles. The van der Waals surface area contributed by atoms with E-state index in [-0.39, 0.29) is 0 Å². The van der Waals surface area contributed by atoms with Crippen LogP contribution in [0.25, 0.3) is 0 Å². The fourth-order valence-corrected chi connectivity index (χ4v) is 4.98. The molecule has 3 heteroatoms. The first-order valence-electron chi connectivity index (χ1n) is 9.51. The van der Waals surface area contributed by atoms with E-state index in [0.717, 1.165) is 17.9 Å². The van der Waals surface area contributed by atoms with Crippen LogP contribution < -0.4 is 4.74 Å². The van der Waals surface area contributed by atoms with E-state index >= 15 is 0 Å². The molecule has 0 spiro atoms. The highest BCUT2D eigenvalue weighted by atomic mass is 16.5. The summed E-state index contributed by atoms with van der Waals surface area (Å²) in [7, 11) is 2.31. The van der Waals surface area contributed by atoms with Gasteiger partial charge in [0.05, 0.1) is 0 Å². The second kappa shape index (κ2) is 5.86. The first kappa shape index (κ1) is 15.4. The van der Waals surface area contributed by atoms with Crippen LogP contribution in [-0.2, 0) is 6.42 Å². The fourth-order valence-electron chi connectivity index (χ4n) is 4.98. The van der Waals surface area contributed by atoms with Crippen molar-refractivity contribution >= 4 is 0 Å². The number of nitrogens with zero attached hydrogens (tertiary/aromatic N) is 2. The first-order chi connectivity index (χ1) is 12.2. The van der Waals surface area contributed by atoms with E-state index < -0.39 is 0 Å². The third-order valence-corrected chi connectivity index (χ3v) is 6.44. The maximum absolute atomic E-state index is 6.33. The largest absolute Gasteiger partial charge is 0.457 e. The van der Waals surface area contributed by atoms with Crippen LogP contribution in [0.1, 0.15) is 35.6 Å². The molecule has 2 aromatic carbocycles. The molecule has 2 bridgehead atoms. The number of likely N-dealkylation sites (N-methyl/N-ethyl adjacent to an activating group) is 1. The van der Waals surface area contributed by atoms with Crippen LogP contribution in [0.3, 0.4) is 0 Å². The van der Waals surface area contributed by atoms with Crippen LogP contribution in [0.5, 0.6) is 11.5 Å². The zero-order chi connectivity index (χ0) is 17.0. The van der Waals surface area contributed by atoms with Gasteiger partial charge in [-0.2, -0.15) is 0 Å². The summed E-state index contributed by atoms with van der Waals surface area (Å²) in [6.07, 6.45) is 3.73. The van der Waals surface area contributed by atoms with E-state index in [9.17, 15) is 0 Å². The molecule has 3 aliphatic heterocycles. The number of benzene rings is 2. The highest BCUT2D eigenvalue weighted by Gasteiger charge is 2.41. The Morgan fingerprint density at radius 1 is 0.960 bits per heavy atom. The summed E-state index contributed by atoms with van der Waals surface area (Å²) >= 11 is 0. The monoisotopic (exact) mass is 334 g/mol. The van der Waals surface area contributed by atoms with Crippen molar-refractivity contribution in [3.63, 3.8) is 0 Å². The van der Waals surface area contributed by atoms with Crippen molar-refractivity contribution in [3.05, 3.63) is 59.2 Å². The van der Waals surface area contributed by atoms with Gasteiger partial charge in [0.15, 0.2) is 0 Å². The number of hydrogen-bond donors (Lipinski definition) is 0. The van der Waals surface area contributed by atoms with Gasteiger partial charge >= 0.3 is 0 Å². The second-order valence-corrected chi connectivity index (χ2v) is 7.98. The number of rotatable bonds is 1. The standard InChI is InChI=1S/C22H26N2O/c1-15-7-10-21-16(11-15)12-20(19-5-3-4-6-22(19)25-21)24-13-17-8-9-18(14-24)23(17)2/h3-7,10-11,17-18,20H,8-9,12-14H2,1-2H3. The minimum atomic E-state index is 0.413. The predicted molar refractivity (Wildman–Crippen MR) is 100 cm³/mol. The molecule has 2 fully saturated rings. The Morgan fingerprint density at radius 3 is 2.52 bits per heavy atom. The summed E-state index contributed by atoms with van der Waals surface area (Å²) < 4.78 is 6.33. The lowest BCUT2D eigenvalue weighted by atomic mass is 9.95. The van der Waals surface area contributed by atoms with E-state index in [1.165, 1.54) is 42.6 Å². The van der Waals surface area contributed by atoms with Gasteiger partial charge in [0, 0.05) is 36.8 Å². The molecule has 0 aromatic heterocycles. The normalized spacial score (nSPS) is 28.8. The van der Waals surface area contributed by atoms with Crippen molar-refractivity contribution < 1.29 is 4.74 Å². The fraction of sp³-hybridized carbons (Fsp3) is 0.455. The van der Waals surface area contributed by atoms with Gasteiger partial charge in [-0.05, 0) is 50.9 Å². The van der Waals surface area contributed by atoms with Gasteiger partial charge in [0.1, 0.15) is 11.5 Å². The third-order valence-electron chi connectivity index (χ3n) is 6.44. The van der Waals surface area contributed by atoms with Crippen LogP contribution in [-0.4, -0.2) is 42.0 Å². The first-order valence-corrected chi connectivity index (χ1v) is 9.51. The number of piperazine rings is 1. The molecule has 3 nitrogen and oxygen atoms in total. The number of fused-ring (bicyclic) bond motifs is 4.